The average molecular weight is 361 g/mol. The number of aliphatic hydroxyl groups is 4. The summed E-state index contributed by atoms with van der Waals surface area (Å²) in [6, 6.07) is 0. The van der Waals surface area contributed by atoms with Crippen molar-refractivity contribution >= 4 is 23.2 Å². The number of aliphatic hydroxyl groups excluding tert-OH is 4. The molecule has 2 fully saturated rings. The molecule has 8 atom stereocenters. The van der Waals surface area contributed by atoms with Crippen LogP contribution in [0.3, 0.4) is 0 Å². The molecule has 2 heterocycles. The zero-order valence-corrected chi connectivity index (χ0v) is 13.7. The molecule has 2 aliphatic heterocycles. The van der Waals surface area contributed by atoms with Crippen LogP contribution in [0, 0.1) is 5.92 Å². The van der Waals surface area contributed by atoms with E-state index in [0.717, 1.165) is 0 Å². The van der Waals surface area contributed by atoms with Gasteiger partial charge in [0, 0.05) is 18.2 Å². The zero-order chi connectivity index (χ0) is 16.5. The van der Waals surface area contributed by atoms with Gasteiger partial charge in [-0.1, -0.05) is 6.92 Å². The second kappa shape index (κ2) is 7.46. The summed E-state index contributed by atoms with van der Waals surface area (Å²) >= 11 is 11.6. The fourth-order valence-electron chi connectivity index (χ4n) is 2.76. The van der Waals surface area contributed by atoms with Crippen molar-refractivity contribution in [3.8, 4) is 0 Å². The van der Waals surface area contributed by atoms with Crippen LogP contribution in [0.2, 0.25) is 0 Å². The third kappa shape index (κ3) is 3.38. The van der Waals surface area contributed by atoms with Gasteiger partial charge in [0.15, 0.2) is 6.29 Å². The van der Waals surface area contributed by atoms with E-state index in [1.165, 1.54) is 0 Å². The van der Waals surface area contributed by atoms with Gasteiger partial charge < -0.3 is 34.6 Å². The lowest BCUT2D eigenvalue weighted by atomic mass is 9.91. The monoisotopic (exact) mass is 360 g/mol. The molecule has 0 aliphatic carbocycles. The van der Waals surface area contributed by atoms with Gasteiger partial charge in [0.05, 0.1) is 30.8 Å². The van der Waals surface area contributed by atoms with Gasteiger partial charge in [0.2, 0.25) is 5.79 Å². The van der Waals surface area contributed by atoms with E-state index >= 15 is 0 Å². The van der Waals surface area contributed by atoms with E-state index in [0.29, 0.717) is 0 Å². The molecule has 0 saturated carbocycles. The van der Waals surface area contributed by atoms with E-state index < -0.39 is 48.5 Å². The van der Waals surface area contributed by atoms with Crippen molar-refractivity contribution in [2.45, 2.75) is 55.9 Å². The maximum absolute atomic E-state index is 10.2. The molecule has 130 valence electrons. The van der Waals surface area contributed by atoms with Crippen molar-refractivity contribution in [3.05, 3.63) is 0 Å². The third-order valence-electron chi connectivity index (χ3n) is 4.28. The lowest BCUT2D eigenvalue weighted by Gasteiger charge is -2.44. The summed E-state index contributed by atoms with van der Waals surface area (Å²) in [5.41, 5.74) is 0. The molecule has 0 radical (unpaired) electrons. The van der Waals surface area contributed by atoms with Crippen LogP contribution in [0.1, 0.15) is 13.3 Å². The molecule has 0 aromatic carbocycles. The Bertz CT molecular complexity index is 372. The van der Waals surface area contributed by atoms with Crippen molar-refractivity contribution in [1.29, 1.82) is 0 Å². The van der Waals surface area contributed by atoms with E-state index in [9.17, 15) is 20.4 Å². The number of halogens is 2. The predicted octanol–water partition coefficient (Wildman–Crippen LogP) is -0.598. The molecule has 2 aliphatic rings. The molecule has 22 heavy (non-hydrogen) atoms. The highest BCUT2D eigenvalue weighted by atomic mass is 35.5. The molecule has 0 aromatic rings. The summed E-state index contributed by atoms with van der Waals surface area (Å²) in [7, 11) is 0. The largest absolute Gasteiger partial charge is 0.394 e. The first-order valence-corrected chi connectivity index (χ1v) is 8.23. The lowest BCUT2D eigenvalue weighted by Crippen LogP contribution is -2.59. The Morgan fingerprint density at radius 1 is 1.23 bits per heavy atom. The van der Waals surface area contributed by atoms with Crippen LogP contribution in [0.4, 0.5) is 0 Å². The molecular weight excluding hydrogens is 339 g/mol. The smallest absolute Gasteiger partial charge is 0.211 e. The second-order valence-corrected chi connectivity index (χ2v) is 6.35. The molecule has 2 rings (SSSR count). The Hall–Kier alpha value is 0.300. The summed E-state index contributed by atoms with van der Waals surface area (Å²) in [6.07, 6.45) is -5.75. The first kappa shape index (κ1) is 18.6. The molecule has 0 aromatic heterocycles. The minimum absolute atomic E-state index is 0.159. The number of hydrogen-bond acceptors (Lipinski definition) is 7. The molecule has 4 unspecified atom stereocenters. The van der Waals surface area contributed by atoms with Gasteiger partial charge in [0.25, 0.3) is 0 Å². The molecule has 2 saturated heterocycles. The summed E-state index contributed by atoms with van der Waals surface area (Å²) in [4.78, 5) is 0. The first-order chi connectivity index (χ1) is 10.4. The van der Waals surface area contributed by atoms with Crippen molar-refractivity contribution in [2.75, 3.05) is 18.4 Å². The molecule has 9 heteroatoms. The highest BCUT2D eigenvalue weighted by Crippen LogP contribution is 2.37. The predicted molar refractivity (Wildman–Crippen MR) is 77.7 cm³/mol. The molecule has 0 amide bonds. The normalized spacial score (nSPS) is 49.5. The van der Waals surface area contributed by atoms with E-state index in [1.54, 1.807) is 6.92 Å². The number of hydrogen-bond donors (Lipinski definition) is 4. The van der Waals surface area contributed by atoms with Gasteiger partial charge in [-0.05, 0) is 0 Å². The quantitative estimate of drug-likeness (QED) is 0.485. The third-order valence-corrected chi connectivity index (χ3v) is 4.99. The van der Waals surface area contributed by atoms with Crippen LogP contribution in [0.15, 0.2) is 0 Å². The molecule has 7 nitrogen and oxygen atoms in total. The molecule has 0 bridgehead atoms. The van der Waals surface area contributed by atoms with Crippen LogP contribution in [0.5, 0.6) is 0 Å². The summed E-state index contributed by atoms with van der Waals surface area (Å²) in [6.45, 7) is 1.30. The SMILES string of the molecule is C[C@H]1C(CO)O[C@@H](O[C@]2(CCl)O[C@H](CCl)CC2O)C(O)C1O. The van der Waals surface area contributed by atoms with Gasteiger partial charge >= 0.3 is 0 Å². The standard InChI is InChI=1S/C13H22Cl2O7/c1-6-8(4-16)20-12(11(19)10(6)18)22-13(5-15)9(17)2-7(3-14)21-13/h6-12,16-19H,2-5H2,1H3/t6-,7-,8?,9?,10?,11?,12-,13-/m0/s1. The molecule has 0 spiro atoms. The Balaban J connectivity index is 2.13. The maximum atomic E-state index is 10.2. The fraction of sp³-hybridized carbons (Fsp3) is 1.00. The Morgan fingerprint density at radius 2 is 1.91 bits per heavy atom. The molecular formula is C13H22Cl2O7. The minimum Gasteiger partial charge on any atom is -0.394 e. The average Bonchev–Trinajstić information content (AvgIpc) is 2.84. The van der Waals surface area contributed by atoms with Gasteiger partial charge in [-0.3, -0.25) is 0 Å². The highest BCUT2D eigenvalue weighted by molar-refractivity contribution is 6.19. The summed E-state index contributed by atoms with van der Waals surface area (Å²) < 4.78 is 16.6. The van der Waals surface area contributed by atoms with Crippen LogP contribution < -0.4 is 0 Å². The second-order valence-electron chi connectivity index (χ2n) is 5.77. The van der Waals surface area contributed by atoms with Crippen LogP contribution in [-0.4, -0.2) is 81.4 Å². The minimum atomic E-state index is -1.58. The topological polar surface area (TPSA) is 109 Å². The van der Waals surface area contributed by atoms with Crippen LogP contribution in [-0.2, 0) is 14.2 Å². The van der Waals surface area contributed by atoms with Crippen molar-refractivity contribution in [3.63, 3.8) is 0 Å². The van der Waals surface area contributed by atoms with Gasteiger partial charge in [-0.2, -0.15) is 0 Å². The zero-order valence-electron chi connectivity index (χ0n) is 12.1. The fourth-order valence-corrected chi connectivity index (χ4v) is 3.26. The summed E-state index contributed by atoms with van der Waals surface area (Å²) in [5.74, 6) is -2.10. The Morgan fingerprint density at radius 3 is 2.41 bits per heavy atom. The number of rotatable bonds is 5. The lowest BCUT2D eigenvalue weighted by molar-refractivity contribution is -0.365. The van der Waals surface area contributed by atoms with Gasteiger partial charge in [-0.15, -0.1) is 23.2 Å². The van der Waals surface area contributed by atoms with Gasteiger partial charge in [0.1, 0.15) is 12.2 Å². The van der Waals surface area contributed by atoms with Gasteiger partial charge in [-0.25, -0.2) is 0 Å². The van der Waals surface area contributed by atoms with Crippen LogP contribution in [0.25, 0.3) is 0 Å². The molecule has 4 N–H and O–H groups in total. The van der Waals surface area contributed by atoms with Crippen LogP contribution >= 0.6 is 23.2 Å². The Kier molecular flexibility index (Phi) is 6.32. The number of alkyl halides is 2. The number of ether oxygens (including phenoxy) is 3. The van der Waals surface area contributed by atoms with E-state index in [-0.39, 0.29) is 24.8 Å². The Labute approximate surface area is 138 Å². The van der Waals surface area contributed by atoms with E-state index in [1.807, 2.05) is 0 Å². The van der Waals surface area contributed by atoms with E-state index in [4.69, 9.17) is 37.4 Å². The maximum Gasteiger partial charge on any atom is 0.211 e. The van der Waals surface area contributed by atoms with Crippen molar-refractivity contribution < 1.29 is 34.6 Å². The summed E-state index contributed by atoms with van der Waals surface area (Å²) in [5, 5.41) is 39.6. The highest BCUT2D eigenvalue weighted by Gasteiger charge is 2.53. The van der Waals surface area contributed by atoms with E-state index in [2.05, 4.69) is 0 Å². The van der Waals surface area contributed by atoms with Crippen molar-refractivity contribution in [2.24, 2.45) is 5.92 Å². The van der Waals surface area contributed by atoms with Crippen molar-refractivity contribution in [1.82, 2.24) is 0 Å². The first-order valence-electron chi connectivity index (χ1n) is 7.16.